The summed E-state index contributed by atoms with van der Waals surface area (Å²) in [6.07, 6.45) is 16.1. The fourth-order valence-corrected chi connectivity index (χ4v) is 11.0. The molecule has 0 radical (unpaired) electrons. The molecule has 0 bridgehead atoms. The summed E-state index contributed by atoms with van der Waals surface area (Å²) in [6, 6.07) is 0. The molecule has 4 aliphatic rings. The van der Waals surface area contributed by atoms with Crippen LogP contribution in [0, 0.1) is 23.7 Å². The highest BCUT2D eigenvalue weighted by Crippen LogP contribution is 2.45. The predicted octanol–water partition coefficient (Wildman–Crippen LogP) is 12.7. The van der Waals surface area contributed by atoms with E-state index in [2.05, 4.69) is 14.2 Å². The molecule has 2 saturated carbocycles. The van der Waals surface area contributed by atoms with Crippen LogP contribution in [0.1, 0.15) is 221 Å². The van der Waals surface area contributed by atoms with Crippen LogP contribution in [0.2, 0.25) is 0 Å². The zero-order valence-corrected chi connectivity index (χ0v) is 49.4. The maximum absolute atomic E-state index is 14.4. The number of halogens is 4. The van der Waals surface area contributed by atoms with E-state index in [1.54, 1.807) is 19.9 Å². The summed E-state index contributed by atoms with van der Waals surface area (Å²) in [4.78, 5) is 81.0. The molecule has 20 heteroatoms. The van der Waals surface area contributed by atoms with Gasteiger partial charge in [0, 0.05) is 96.7 Å². The minimum Gasteiger partial charge on any atom is -0.469 e. The van der Waals surface area contributed by atoms with Crippen molar-refractivity contribution >= 4 is 41.4 Å². The first-order chi connectivity index (χ1) is 38.1. The normalized spacial score (nSPS) is 24.9. The van der Waals surface area contributed by atoms with Crippen molar-refractivity contribution in [2.24, 2.45) is 23.7 Å². The molecule has 10 atom stereocenters. The maximum atomic E-state index is 14.4. The van der Waals surface area contributed by atoms with Crippen molar-refractivity contribution < 1.29 is 93.8 Å². The Morgan fingerprint density at radius 3 is 1.44 bits per heavy atom. The summed E-state index contributed by atoms with van der Waals surface area (Å²) in [7, 11) is 2.74. The van der Waals surface area contributed by atoms with Crippen molar-refractivity contribution in [2.45, 2.75) is 270 Å². The quantitative estimate of drug-likeness (QED) is 0.0193. The molecule has 0 aromatic rings. The molecular formula is C60H98F4O16. The second-order valence-corrected chi connectivity index (χ2v) is 21.6. The molecule has 0 aromatic heterocycles. The highest BCUT2D eigenvalue weighted by atomic mass is 19.3. The van der Waals surface area contributed by atoms with Crippen molar-refractivity contribution in [3.8, 4) is 0 Å². The molecule has 0 amide bonds. The van der Waals surface area contributed by atoms with Gasteiger partial charge >= 0.3 is 41.7 Å². The van der Waals surface area contributed by atoms with E-state index in [9.17, 15) is 51.1 Å². The van der Waals surface area contributed by atoms with Gasteiger partial charge < -0.3 is 42.6 Å². The molecule has 80 heavy (non-hydrogen) atoms. The molecule has 2 unspecified atom stereocenters. The molecule has 2 saturated heterocycles. The Hall–Kier alpha value is -4.01. The van der Waals surface area contributed by atoms with Crippen molar-refractivity contribution in [1.29, 1.82) is 0 Å². The van der Waals surface area contributed by atoms with E-state index in [-0.39, 0.29) is 85.3 Å². The van der Waals surface area contributed by atoms with E-state index in [1.165, 1.54) is 35.0 Å². The van der Waals surface area contributed by atoms with E-state index >= 15 is 0 Å². The number of rotatable bonds is 34. The van der Waals surface area contributed by atoms with E-state index < -0.39 is 60.7 Å². The molecule has 2 heterocycles. The number of allylic oxidation sites excluding steroid dienone is 1. The van der Waals surface area contributed by atoms with Crippen LogP contribution in [0.3, 0.4) is 0 Å². The number of carbonyl (C=O) groups is 7. The van der Waals surface area contributed by atoms with Gasteiger partial charge in [-0.2, -0.15) is 17.6 Å². The number of hydrogen-bond acceptors (Lipinski definition) is 16. The third-order valence-corrected chi connectivity index (χ3v) is 15.2. The van der Waals surface area contributed by atoms with Gasteiger partial charge in [-0.1, -0.05) is 71.3 Å². The monoisotopic (exact) mass is 1150 g/mol. The van der Waals surface area contributed by atoms with Gasteiger partial charge in [-0.3, -0.25) is 33.6 Å². The molecule has 2 aliphatic heterocycles. The van der Waals surface area contributed by atoms with E-state index in [1.807, 2.05) is 6.92 Å². The fourth-order valence-electron chi connectivity index (χ4n) is 11.0. The summed E-state index contributed by atoms with van der Waals surface area (Å²) >= 11 is 0. The number of ketones is 2. The first kappa shape index (κ1) is 72.1. The van der Waals surface area contributed by atoms with Gasteiger partial charge in [-0.25, -0.2) is 0 Å². The Labute approximate surface area is 473 Å². The molecule has 4 fully saturated rings. The molecule has 16 nitrogen and oxygen atoms in total. The van der Waals surface area contributed by atoms with Gasteiger partial charge in [0.15, 0.2) is 12.6 Å². The van der Waals surface area contributed by atoms with Crippen molar-refractivity contribution in [2.75, 3.05) is 34.0 Å². The van der Waals surface area contributed by atoms with Gasteiger partial charge in [-0.15, -0.1) is 0 Å². The summed E-state index contributed by atoms with van der Waals surface area (Å²) < 4.78 is 107. The number of alkyl halides is 4. The number of hydrogen-bond donors (Lipinski definition) is 0. The summed E-state index contributed by atoms with van der Waals surface area (Å²) in [5.74, 6) is -11.2. The van der Waals surface area contributed by atoms with Crippen LogP contribution in [0.4, 0.5) is 17.6 Å². The van der Waals surface area contributed by atoms with E-state index in [0.717, 1.165) is 102 Å². The average molecular weight is 1150 g/mol. The Bertz CT molecular complexity index is 1840. The number of unbranched alkanes of at least 4 members (excludes halogenated alkanes) is 8. The van der Waals surface area contributed by atoms with Gasteiger partial charge in [-0.05, 0) is 102 Å². The lowest BCUT2D eigenvalue weighted by atomic mass is 9.84. The molecular weight excluding hydrogens is 1050 g/mol. The minimum absolute atomic E-state index is 0.0878. The third kappa shape index (κ3) is 28.8. The SMILES string of the molecule is CCCCC(F)(F)C(=O)/C=C/[C@@H]1[C@@H](CCCCCCC(=O)OC)[C@@H](OC(C)=O)C[C@H]1OC1CCCCO1.CCCCC(F)(F)C(=O)CC[C@@H]1[C@@H](CCCCCCC(=O)OC)[C@@H](OC(C)=O)C[C@H]1OC1CCCCO1.CCOC(C)=O. The Morgan fingerprint density at radius 2 is 0.988 bits per heavy atom. The fraction of sp³-hybridized carbons (Fsp3) is 0.850. The number of methoxy groups -OCH3 is 2. The van der Waals surface area contributed by atoms with Crippen LogP contribution in [0.5, 0.6) is 0 Å². The Kier molecular flexibility index (Phi) is 36.3. The smallest absolute Gasteiger partial charge is 0.309 e. The van der Waals surface area contributed by atoms with Crippen molar-refractivity contribution in [3.63, 3.8) is 0 Å². The lowest BCUT2D eigenvalue weighted by Gasteiger charge is -2.30. The van der Waals surface area contributed by atoms with Crippen molar-refractivity contribution in [1.82, 2.24) is 0 Å². The van der Waals surface area contributed by atoms with Crippen LogP contribution < -0.4 is 0 Å². The summed E-state index contributed by atoms with van der Waals surface area (Å²) in [5, 5.41) is 0. The second kappa shape index (κ2) is 40.3. The zero-order valence-electron chi connectivity index (χ0n) is 49.4. The minimum atomic E-state index is -3.40. The molecule has 0 spiro atoms. The number of esters is 5. The van der Waals surface area contributed by atoms with Crippen LogP contribution in [-0.2, 0) is 76.2 Å². The van der Waals surface area contributed by atoms with Crippen LogP contribution >= 0.6 is 0 Å². The van der Waals surface area contributed by atoms with Gasteiger partial charge in [0.25, 0.3) is 0 Å². The lowest BCUT2D eigenvalue weighted by molar-refractivity contribution is -0.197. The first-order valence-electron chi connectivity index (χ1n) is 29.8. The van der Waals surface area contributed by atoms with E-state index in [0.29, 0.717) is 71.2 Å². The molecule has 0 N–H and O–H groups in total. The number of carbonyl (C=O) groups excluding carboxylic acids is 7. The standard InChI is InChI=1S/C28H46F2O7.C28H44F2O7.C4H8O2/c2*1-4-5-17-28(29,30)25(32)16-15-22-21(12-8-6-7-9-13-26(33)34-3)23(36-20(2)31)19-24(22)37-27-14-10-11-18-35-27;1-3-6-4(2)5/h21-24,27H,4-19H2,1-3H3;15-16,21-24,27H,4-14,17-19H2,1-3H3;3H2,1-2H3/b;16-15+;/t2*21-,22-,23+,24-,27?;/m11./s1. The zero-order chi connectivity index (χ0) is 59.5. The Balaban J connectivity index is 0.000000495. The highest BCUT2D eigenvalue weighted by Gasteiger charge is 2.48. The van der Waals surface area contributed by atoms with Gasteiger partial charge in [0.2, 0.25) is 11.6 Å². The number of Topliss-reactive ketones (excluding diaryl/α,β-unsaturated/α-hetero) is 1. The molecule has 0 aromatic carbocycles. The number of ether oxygens (including phenoxy) is 9. The van der Waals surface area contributed by atoms with Gasteiger partial charge in [0.05, 0.1) is 33.0 Å². The topological polar surface area (TPSA) is 203 Å². The molecule has 2 aliphatic carbocycles. The maximum Gasteiger partial charge on any atom is 0.309 e. The summed E-state index contributed by atoms with van der Waals surface area (Å²) in [5.41, 5.74) is 0. The Morgan fingerprint density at radius 1 is 0.525 bits per heavy atom. The predicted molar refractivity (Wildman–Crippen MR) is 290 cm³/mol. The second-order valence-electron chi connectivity index (χ2n) is 21.6. The highest BCUT2D eigenvalue weighted by molar-refractivity contribution is 5.95. The largest absolute Gasteiger partial charge is 0.469 e. The molecule has 462 valence electrons. The first-order valence-corrected chi connectivity index (χ1v) is 29.8. The van der Waals surface area contributed by atoms with Crippen molar-refractivity contribution in [3.05, 3.63) is 12.2 Å². The summed E-state index contributed by atoms with van der Waals surface area (Å²) in [6.45, 7) is 11.2. The lowest BCUT2D eigenvalue weighted by Crippen LogP contribution is -2.33. The average Bonchev–Trinajstić information content (AvgIpc) is 3.92. The third-order valence-electron chi connectivity index (χ3n) is 15.2. The molecule has 4 rings (SSSR count). The van der Waals surface area contributed by atoms with E-state index in [4.69, 9.17) is 28.4 Å². The van der Waals surface area contributed by atoms with Crippen LogP contribution in [-0.4, -0.2) is 124 Å². The van der Waals surface area contributed by atoms with Gasteiger partial charge in [0.1, 0.15) is 12.2 Å². The van der Waals surface area contributed by atoms with Crippen LogP contribution in [0.25, 0.3) is 0 Å². The van der Waals surface area contributed by atoms with Crippen LogP contribution in [0.15, 0.2) is 12.2 Å².